The average molecular weight is 442 g/mol. The first-order chi connectivity index (χ1) is 10.0. The Morgan fingerprint density at radius 1 is 1.30 bits per heavy atom. The monoisotopic (exact) mass is 442 g/mol. The summed E-state index contributed by atoms with van der Waals surface area (Å²) in [6.45, 7) is 13.9. The highest BCUT2D eigenvalue weighted by molar-refractivity contribution is 14.0. The van der Waals surface area contributed by atoms with Crippen LogP contribution in [0.1, 0.15) is 48.0 Å². The van der Waals surface area contributed by atoms with Crippen molar-refractivity contribution in [2.45, 2.75) is 53.6 Å². The second kappa shape index (κ2) is 11.8. The lowest BCUT2D eigenvalue weighted by Gasteiger charge is -2.26. The van der Waals surface area contributed by atoms with Gasteiger partial charge in [-0.1, -0.05) is 20.8 Å². The molecule has 0 aromatic carbocycles. The molecule has 0 bridgehead atoms. The van der Waals surface area contributed by atoms with Crippen molar-refractivity contribution >= 4 is 36.0 Å². The molecule has 23 heavy (non-hydrogen) atoms. The van der Waals surface area contributed by atoms with Gasteiger partial charge in [0.25, 0.3) is 0 Å². The Bertz CT molecular complexity index is 368. The van der Waals surface area contributed by atoms with Gasteiger partial charge < -0.3 is 20.7 Å². The first kappa shape index (κ1) is 24.5. The molecular formula is C16H35IN4O2. The van der Waals surface area contributed by atoms with Crippen LogP contribution in [0.5, 0.6) is 0 Å². The van der Waals surface area contributed by atoms with E-state index in [1.54, 1.807) is 11.9 Å². The number of hydrogen-bond donors (Lipinski definition) is 2. The normalized spacial score (nSPS) is 13.3. The molecule has 0 spiro atoms. The van der Waals surface area contributed by atoms with E-state index in [0.717, 1.165) is 13.0 Å². The van der Waals surface area contributed by atoms with Crippen molar-refractivity contribution in [1.29, 1.82) is 0 Å². The van der Waals surface area contributed by atoms with Crippen molar-refractivity contribution in [3.63, 3.8) is 0 Å². The molecule has 3 N–H and O–H groups in total. The van der Waals surface area contributed by atoms with E-state index in [9.17, 15) is 4.79 Å². The maximum absolute atomic E-state index is 11.9. The van der Waals surface area contributed by atoms with E-state index in [0.29, 0.717) is 25.0 Å². The fourth-order valence-electron chi connectivity index (χ4n) is 1.74. The molecule has 7 heteroatoms. The summed E-state index contributed by atoms with van der Waals surface area (Å²) >= 11 is 0. The van der Waals surface area contributed by atoms with Crippen LogP contribution in [0.4, 0.5) is 4.79 Å². The number of guanidine groups is 1. The zero-order chi connectivity index (χ0) is 17.3. The van der Waals surface area contributed by atoms with Crippen LogP contribution in [-0.4, -0.2) is 49.2 Å². The molecular weight excluding hydrogens is 407 g/mol. The smallest absolute Gasteiger partial charge is 0.410 e. The Kier molecular flexibility index (Phi) is 12.5. The summed E-state index contributed by atoms with van der Waals surface area (Å²) in [6, 6.07) is 0. The first-order valence-corrected chi connectivity index (χ1v) is 7.99. The zero-order valence-corrected chi connectivity index (χ0v) is 18.0. The third kappa shape index (κ3) is 14.6. The van der Waals surface area contributed by atoms with E-state index < -0.39 is 5.60 Å². The molecule has 1 unspecified atom stereocenters. The maximum atomic E-state index is 11.9. The van der Waals surface area contributed by atoms with Crippen molar-refractivity contribution in [1.82, 2.24) is 10.2 Å². The van der Waals surface area contributed by atoms with Crippen molar-refractivity contribution in [2.75, 3.05) is 26.7 Å². The molecule has 0 radical (unpaired) electrons. The predicted molar refractivity (Wildman–Crippen MR) is 107 cm³/mol. The second-order valence-corrected chi connectivity index (χ2v) is 7.30. The van der Waals surface area contributed by atoms with Crippen LogP contribution in [0.15, 0.2) is 4.99 Å². The summed E-state index contributed by atoms with van der Waals surface area (Å²) in [7, 11) is 1.73. The number of aliphatic imine (C=N–C) groups is 1. The van der Waals surface area contributed by atoms with E-state index in [1.807, 2.05) is 27.7 Å². The highest BCUT2D eigenvalue weighted by Gasteiger charge is 2.20. The van der Waals surface area contributed by atoms with Crippen LogP contribution in [-0.2, 0) is 4.74 Å². The van der Waals surface area contributed by atoms with Crippen LogP contribution >= 0.6 is 24.0 Å². The minimum atomic E-state index is -0.475. The van der Waals surface area contributed by atoms with Gasteiger partial charge in [0.1, 0.15) is 5.60 Å². The fraction of sp³-hybridized carbons (Fsp3) is 0.875. The molecule has 1 amide bonds. The molecule has 0 aromatic rings. The molecule has 0 saturated heterocycles. The molecule has 0 fully saturated rings. The lowest BCUT2D eigenvalue weighted by Crippen LogP contribution is -2.37. The highest BCUT2D eigenvalue weighted by Crippen LogP contribution is 2.10. The van der Waals surface area contributed by atoms with Crippen molar-refractivity contribution in [3.05, 3.63) is 0 Å². The van der Waals surface area contributed by atoms with Gasteiger partial charge in [0, 0.05) is 26.7 Å². The Morgan fingerprint density at radius 2 is 1.87 bits per heavy atom. The molecule has 1 atom stereocenters. The number of halogens is 1. The van der Waals surface area contributed by atoms with E-state index in [4.69, 9.17) is 10.5 Å². The number of nitrogens with one attached hydrogen (secondary N) is 1. The molecule has 0 heterocycles. The summed E-state index contributed by atoms with van der Waals surface area (Å²) in [5.74, 6) is 1.32. The fourth-order valence-corrected chi connectivity index (χ4v) is 1.74. The Balaban J connectivity index is 0. The number of amides is 1. The zero-order valence-electron chi connectivity index (χ0n) is 15.7. The molecule has 138 valence electrons. The lowest BCUT2D eigenvalue weighted by molar-refractivity contribution is 0.0279. The number of ether oxygens (including phenoxy) is 1. The summed E-state index contributed by atoms with van der Waals surface area (Å²) in [6.07, 6.45) is 0.749. The number of rotatable bonds is 7. The largest absolute Gasteiger partial charge is 0.444 e. The van der Waals surface area contributed by atoms with Crippen molar-refractivity contribution in [2.24, 2.45) is 22.6 Å². The minimum absolute atomic E-state index is 0. The molecule has 0 saturated carbocycles. The minimum Gasteiger partial charge on any atom is -0.444 e. The van der Waals surface area contributed by atoms with Gasteiger partial charge in [0.05, 0.1) is 0 Å². The van der Waals surface area contributed by atoms with Gasteiger partial charge in [-0.25, -0.2) is 4.79 Å². The van der Waals surface area contributed by atoms with Crippen LogP contribution in [0.3, 0.4) is 0 Å². The van der Waals surface area contributed by atoms with Crippen LogP contribution in [0.25, 0.3) is 0 Å². The molecule has 6 nitrogen and oxygen atoms in total. The van der Waals surface area contributed by atoms with Gasteiger partial charge in [-0.2, -0.15) is 0 Å². The topological polar surface area (TPSA) is 80.0 Å². The van der Waals surface area contributed by atoms with Gasteiger partial charge >= 0.3 is 6.09 Å². The van der Waals surface area contributed by atoms with Gasteiger partial charge in [0.2, 0.25) is 0 Å². The molecule has 0 aliphatic rings. The van der Waals surface area contributed by atoms with E-state index in [1.165, 1.54) is 0 Å². The lowest BCUT2D eigenvalue weighted by atomic mass is 10.1. The van der Waals surface area contributed by atoms with E-state index in [2.05, 4.69) is 24.2 Å². The summed E-state index contributed by atoms with van der Waals surface area (Å²) in [5, 5.41) is 3.10. The summed E-state index contributed by atoms with van der Waals surface area (Å²) in [4.78, 5) is 17.8. The average Bonchev–Trinajstić information content (AvgIpc) is 2.33. The number of carbonyl (C=O) groups is 1. The van der Waals surface area contributed by atoms with Gasteiger partial charge in [-0.05, 0) is 39.0 Å². The third-order valence-corrected chi connectivity index (χ3v) is 2.89. The molecule has 0 aromatic heterocycles. The third-order valence-electron chi connectivity index (χ3n) is 2.89. The van der Waals surface area contributed by atoms with Gasteiger partial charge in [-0.3, -0.25) is 4.99 Å². The van der Waals surface area contributed by atoms with Crippen LogP contribution in [0, 0.1) is 11.8 Å². The second-order valence-electron chi connectivity index (χ2n) is 7.30. The van der Waals surface area contributed by atoms with Crippen molar-refractivity contribution in [3.8, 4) is 0 Å². The first-order valence-electron chi connectivity index (χ1n) is 7.99. The Morgan fingerprint density at radius 3 is 2.35 bits per heavy atom. The number of carbonyl (C=O) groups excluding carboxylic acids is 1. The van der Waals surface area contributed by atoms with Gasteiger partial charge in [-0.15, -0.1) is 24.0 Å². The maximum Gasteiger partial charge on any atom is 0.410 e. The standard InChI is InChI=1S/C16H34N4O2.HI/c1-12(2)8-9-18-14(17)19-10-13(3)11-20(7)15(21)22-16(4,5)6;/h12-13H,8-11H2,1-7H3,(H3,17,18,19);1H. The summed E-state index contributed by atoms with van der Waals surface area (Å²) < 4.78 is 5.32. The summed E-state index contributed by atoms with van der Waals surface area (Å²) in [5.41, 5.74) is 5.34. The molecule has 0 aliphatic heterocycles. The molecule has 0 rings (SSSR count). The van der Waals surface area contributed by atoms with Crippen molar-refractivity contribution < 1.29 is 9.53 Å². The SMILES string of the molecule is CC(C)CCNC(N)=NCC(C)CN(C)C(=O)OC(C)(C)C.I. The van der Waals surface area contributed by atoms with E-state index >= 15 is 0 Å². The van der Waals surface area contributed by atoms with Crippen LogP contribution < -0.4 is 11.1 Å². The Hall–Kier alpha value is -0.730. The number of hydrogen-bond acceptors (Lipinski definition) is 3. The predicted octanol–water partition coefficient (Wildman–Crippen LogP) is 3.06. The quantitative estimate of drug-likeness (QED) is 0.361. The van der Waals surface area contributed by atoms with E-state index in [-0.39, 0.29) is 36.0 Å². The van der Waals surface area contributed by atoms with Crippen LogP contribution in [0.2, 0.25) is 0 Å². The van der Waals surface area contributed by atoms with Gasteiger partial charge in [0.15, 0.2) is 5.96 Å². The number of nitrogens with two attached hydrogens (primary N) is 1. The highest BCUT2D eigenvalue weighted by atomic mass is 127. The molecule has 0 aliphatic carbocycles. The number of nitrogens with zero attached hydrogens (tertiary/aromatic N) is 2. The Labute approximate surface area is 158 Å².